The minimum atomic E-state index is -3.71. The summed E-state index contributed by atoms with van der Waals surface area (Å²) in [6.07, 6.45) is 0.935. The Kier molecular flexibility index (Phi) is 7.31. The van der Waals surface area contributed by atoms with E-state index in [-0.39, 0.29) is 10.8 Å². The van der Waals surface area contributed by atoms with Crippen molar-refractivity contribution in [3.63, 3.8) is 0 Å². The molecule has 0 spiro atoms. The Labute approximate surface area is 183 Å². The Balaban J connectivity index is 1.64. The Morgan fingerprint density at radius 3 is 2.29 bits per heavy atom. The number of rotatable bonds is 9. The molecule has 0 heterocycles. The molecule has 0 saturated carbocycles. The summed E-state index contributed by atoms with van der Waals surface area (Å²) < 4.78 is 33.2. The highest BCUT2D eigenvalue weighted by molar-refractivity contribution is 7.92. The van der Waals surface area contributed by atoms with Crippen LogP contribution in [-0.2, 0) is 10.0 Å². The van der Waals surface area contributed by atoms with Gasteiger partial charge >= 0.3 is 0 Å². The zero-order valence-corrected chi connectivity index (χ0v) is 18.4. The molecule has 6 nitrogen and oxygen atoms in total. The molecular weight excluding hydrogens is 412 g/mol. The Morgan fingerprint density at radius 2 is 1.61 bits per heavy atom. The van der Waals surface area contributed by atoms with Crippen LogP contribution in [0.15, 0.2) is 83.8 Å². The fourth-order valence-corrected chi connectivity index (χ4v) is 3.84. The van der Waals surface area contributed by atoms with Gasteiger partial charge in [-0.1, -0.05) is 38.1 Å². The number of nitrogens with one attached hydrogen (secondary N) is 2. The Bertz CT molecular complexity index is 1110. The van der Waals surface area contributed by atoms with Gasteiger partial charge in [-0.15, -0.1) is 0 Å². The highest BCUT2D eigenvalue weighted by Crippen LogP contribution is 2.20. The molecular formula is C24H26N2O4S. The van der Waals surface area contributed by atoms with E-state index >= 15 is 0 Å². The summed E-state index contributed by atoms with van der Waals surface area (Å²) in [5.41, 5.74) is 1.44. The normalized spacial score (nSPS) is 11.2. The van der Waals surface area contributed by atoms with Crippen molar-refractivity contribution in [2.45, 2.75) is 25.2 Å². The molecule has 0 unspecified atom stereocenters. The lowest BCUT2D eigenvalue weighted by atomic mass is 10.1. The van der Waals surface area contributed by atoms with Crippen molar-refractivity contribution in [2.75, 3.05) is 16.6 Å². The van der Waals surface area contributed by atoms with Gasteiger partial charge in [0.2, 0.25) is 0 Å². The second-order valence-electron chi connectivity index (χ2n) is 7.51. The number of amides is 1. The van der Waals surface area contributed by atoms with Crippen molar-refractivity contribution >= 4 is 27.3 Å². The molecule has 31 heavy (non-hydrogen) atoms. The van der Waals surface area contributed by atoms with Gasteiger partial charge in [0.1, 0.15) is 5.75 Å². The molecule has 3 rings (SSSR count). The summed E-state index contributed by atoms with van der Waals surface area (Å²) in [5.74, 6) is 0.884. The van der Waals surface area contributed by atoms with Crippen molar-refractivity contribution in [3.05, 3.63) is 84.4 Å². The number of carbonyl (C=O) groups excluding carboxylic acids is 1. The van der Waals surface area contributed by atoms with Crippen LogP contribution in [-0.4, -0.2) is 20.9 Å². The molecule has 0 radical (unpaired) electrons. The SMILES string of the molecule is CC(C)CCOc1cccc(C(=O)Nc2ccc(S(=O)(=O)Nc3ccccc3)cc2)c1. The number of sulfonamides is 1. The number of ether oxygens (including phenoxy) is 1. The first-order valence-corrected chi connectivity index (χ1v) is 11.5. The largest absolute Gasteiger partial charge is 0.494 e. The standard InChI is InChI=1S/C24H26N2O4S/c1-18(2)15-16-30-22-10-6-7-19(17-22)24(27)25-20-11-13-23(14-12-20)31(28,29)26-21-8-4-3-5-9-21/h3-14,17-18,26H,15-16H2,1-2H3,(H,25,27). The van der Waals surface area contributed by atoms with Crippen LogP contribution in [0.2, 0.25) is 0 Å². The minimum Gasteiger partial charge on any atom is -0.494 e. The third-order valence-electron chi connectivity index (χ3n) is 4.51. The summed E-state index contributed by atoms with van der Waals surface area (Å²) in [6.45, 7) is 4.85. The van der Waals surface area contributed by atoms with Crippen LogP contribution in [0.1, 0.15) is 30.6 Å². The number of anilines is 2. The van der Waals surface area contributed by atoms with E-state index in [1.54, 1.807) is 54.6 Å². The highest BCUT2D eigenvalue weighted by atomic mass is 32.2. The molecule has 3 aromatic rings. The first-order valence-electron chi connectivity index (χ1n) is 10.1. The highest BCUT2D eigenvalue weighted by Gasteiger charge is 2.14. The van der Waals surface area contributed by atoms with Crippen molar-refractivity contribution in [3.8, 4) is 5.75 Å². The fraction of sp³-hybridized carbons (Fsp3) is 0.208. The van der Waals surface area contributed by atoms with Crippen LogP contribution in [0.3, 0.4) is 0 Å². The maximum atomic E-state index is 12.6. The number of hydrogen-bond donors (Lipinski definition) is 2. The van der Waals surface area contributed by atoms with Gasteiger partial charge in [0.15, 0.2) is 0 Å². The van der Waals surface area contributed by atoms with Crippen molar-refractivity contribution in [1.29, 1.82) is 0 Å². The molecule has 0 aromatic heterocycles. The summed E-state index contributed by atoms with van der Waals surface area (Å²) in [4.78, 5) is 12.7. The van der Waals surface area contributed by atoms with Crippen molar-refractivity contribution in [1.82, 2.24) is 0 Å². The first-order chi connectivity index (χ1) is 14.8. The van der Waals surface area contributed by atoms with Crippen LogP contribution < -0.4 is 14.8 Å². The molecule has 2 N–H and O–H groups in total. The van der Waals surface area contributed by atoms with Gasteiger partial charge in [-0.05, 0) is 66.9 Å². The maximum Gasteiger partial charge on any atom is 0.261 e. The van der Waals surface area contributed by atoms with Crippen molar-refractivity contribution < 1.29 is 17.9 Å². The van der Waals surface area contributed by atoms with Crippen molar-refractivity contribution in [2.24, 2.45) is 5.92 Å². The monoisotopic (exact) mass is 438 g/mol. The van der Waals surface area contributed by atoms with Gasteiger partial charge in [0, 0.05) is 16.9 Å². The van der Waals surface area contributed by atoms with E-state index in [1.165, 1.54) is 12.1 Å². The van der Waals surface area contributed by atoms with Gasteiger partial charge in [0.25, 0.3) is 15.9 Å². The topological polar surface area (TPSA) is 84.5 Å². The number of benzene rings is 3. The molecule has 7 heteroatoms. The quantitative estimate of drug-likeness (QED) is 0.483. The van der Waals surface area contributed by atoms with E-state index in [0.29, 0.717) is 35.2 Å². The van der Waals surface area contributed by atoms with Gasteiger partial charge in [-0.3, -0.25) is 9.52 Å². The fourth-order valence-electron chi connectivity index (χ4n) is 2.78. The molecule has 3 aromatic carbocycles. The molecule has 0 bridgehead atoms. The maximum absolute atomic E-state index is 12.6. The van der Waals surface area contributed by atoms with Gasteiger partial charge in [-0.25, -0.2) is 8.42 Å². The van der Waals surface area contributed by atoms with E-state index in [2.05, 4.69) is 23.9 Å². The average molecular weight is 439 g/mol. The summed E-state index contributed by atoms with van der Waals surface area (Å²) in [5, 5.41) is 2.78. The predicted octanol–water partition coefficient (Wildman–Crippen LogP) is 5.16. The zero-order valence-electron chi connectivity index (χ0n) is 17.5. The van der Waals surface area contributed by atoms with Gasteiger partial charge in [0.05, 0.1) is 11.5 Å². The lowest BCUT2D eigenvalue weighted by Gasteiger charge is -2.11. The average Bonchev–Trinajstić information content (AvgIpc) is 2.74. The minimum absolute atomic E-state index is 0.106. The van der Waals surface area contributed by atoms with Crippen LogP contribution in [0.25, 0.3) is 0 Å². The summed E-state index contributed by atoms with van der Waals surface area (Å²) in [7, 11) is -3.71. The number of para-hydroxylation sites is 1. The van der Waals surface area contributed by atoms with Crippen LogP contribution >= 0.6 is 0 Å². The zero-order chi connectivity index (χ0) is 22.3. The molecule has 1 amide bonds. The molecule has 162 valence electrons. The third kappa shape index (κ3) is 6.58. The number of carbonyl (C=O) groups is 1. The van der Waals surface area contributed by atoms with Crippen LogP contribution in [0.4, 0.5) is 11.4 Å². The van der Waals surface area contributed by atoms with E-state index in [9.17, 15) is 13.2 Å². The Morgan fingerprint density at radius 1 is 0.903 bits per heavy atom. The molecule has 0 fully saturated rings. The third-order valence-corrected chi connectivity index (χ3v) is 5.91. The van der Waals surface area contributed by atoms with Crippen LogP contribution in [0, 0.1) is 5.92 Å². The summed E-state index contributed by atoms with van der Waals surface area (Å²) in [6, 6.07) is 21.6. The van der Waals surface area contributed by atoms with E-state index in [1.807, 2.05) is 12.1 Å². The second-order valence-corrected chi connectivity index (χ2v) is 9.19. The molecule has 0 saturated heterocycles. The van der Waals surface area contributed by atoms with E-state index in [0.717, 1.165) is 6.42 Å². The van der Waals surface area contributed by atoms with Gasteiger partial charge in [-0.2, -0.15) is 0 Å². The van der Waals surface area contributed by atoms with E-state index < -0.39 is 10.0 Å². The number of hydrogen-bond acceptors (Lipinski definition) is 4. The lowest BCUT2D eigenvalue weighted by molar-refractivity contribution is 0.102. The molecule has 0 aliphatic heterocycles. The molecule has 0 aliphatic carbocycles. The second kappa shape index (κ2) is 10.1. The first kappa shape index (κ1) is 22.4. The Hall–Kier alpha value is -3.32. The smallest absolute Gasteiger partial charge is 0.261 e. The van der Waals surface area contributed by atoms with E-state index in [4.69, 9.17) is 4.74 Å². The molecule has 0 aliphatic rings. The lowest BCUT2D eigenvalue weighted by Crippen LogP contribution is -2.14. The molecule has 0 atom stereocenters. The summed E-state index contributed by atoms with van der Waals surface area (Å²) >= 11 is 0. The predicted molar refractivity (Wildman–Crippen MR) is 123 cm³/mol. The van der Waals surface area contributed by atoms with Crippen LogP contribution in [0.5, 0.6) is 5.75 Å². The van der Waals surface area contributed by atoms with Gasteiger partial charge < -0.3 is 10.1 Å².